The van der Waals surface area contributed by atoms with Gasteiger partial charge in [-0.05, 0) is 27.0 Å². The zero-order valence-electron chi connectivity index (χ0n) is 11.8. The number of nitro benzene ring substituents is 2. The van der Waals surface area contributed by atoms with Crippen LogP contribution in [0.1, 0.15) is 19.4 Å². The van der Waals surface area contributed by atoms with Crippen molar-refractivity contribution in [3.05, 3.63) is 44.0 Å². The number of hydrogen-bond acceptors (Lipinski definition) is 6. The highest BCUT2D eigenvalue weighted by Gasteiger charge is 2.33. The highest BCUT2D eigenvalue weighted by Crippen LogP contribution is 2.27. The van der Waals surface area contributed by atoms with Gasteiger partial charge in [0, 0.05) is 18.2 Å². The predicted octanol–water partition coefficient (Wildman–Crippen LogP) is 1.80. The predicted molar refractivity (Wildman–Crippen MR) is 72.9 cm³/mol. The van der Waals surface area contributed by atoms with E-state index in [4.69, 9.17) is 5.11 Å². The standard InChI is InChI=1S/C12H15N3O6/c1-12(2,11(16)17)13(3)7-8-4-5-9(14(18)19)6-10(8)15(20)21/h4-6H,7H2,1-3H3,(H,16,17). The molecule has 1 N–H and O–H groups in total. The Labute approximate surface area is 120 Å². The van der Waals surface area contributed by atoms with E-state index < -0.39 is 27.0 Å². The van der Waals surface area contributed by atoms with E-state index in [0.717, 1.165) is 12.1 Å². The average Bonchev–Trinajstić information content (AvgIpc) is 2.38. The third-order valence-corrected chi connectivity index (χ3v) is 3.36. The molecular formula is C12H15N3O6. The Hall–Kier alpha value is -2.55. The number of rotatable bonds is 6. The normalized spacial score (nSPS) is 11.4. The zero-order chi connectivity index (χ0) is 16.4. The van der Waals surface area contributed by atoms with Crippen molar-refractivity contribution in [1.82, 2.24) is 4.90 Å². The SMILES string of the molecule is CN(Cc1ccc([N+](=O)[O-])cc1[N+](=O)[O-])C(C)(C)C(=O)O. The summed E-state index contributed by atoms with van der Waals surface area (Å²) in [5.41, 5.74) is -1.81. The molecule has 0 heterocycles. The summed E-state index contributed by atoms with van der Waals surface area (Å²) in [5.74, 6) is -1.07. The van der Waals surface area contributed by atoms with Crippen molar-refractivity contribution in [2.75, 3.05) is 7.05 Å². The zero-order valence-corrected chi connectivity index (χ0v) is 11.8. The number of nitro groups is 2. The summed E-state index contributed by atoms with van der Waals surface area (Å²) in [6, 6.07) is 3.30. The summed E-state index contributed by atoms with van der Waals surface area (Å²) < 4.78 is 0. The largest absolute Gasteiger partial charge is 0.480 e. The molecule has 0 spiro atoms. The van der Waals surface area contributed by atoms with Gasteiger partial charge in [-0.2, -0.15) is 0 Å². The van der Waals surface area contributed by atoms with Gasteiger partial charge >= 0.3 is 5.97 Å². The molecule has 0 radical (unpaired) electrons. The van der Waals surface area contributed by atoms with Gasteiger partial charge in [0.05, 0.1) is 15.9 Å². The summed E-state index contributed by atoms with van der Waals surface area (Å²) in [6.45, 7) is 2.91. The van der Waals surface area contributed by atoms with Crippen molar-refractivity contribution < 1.29 is 19.7 Å². The molecule has 0 aliphatic carbocycles. The molecule has 0 aliphatic heterocycles. The van der Waals surface area contributed by atoms with Gasteiger partial charge in [-0.3, -0.25) is 29.9 Å². The van der Waals surface area contributed by atoms with Crippen LogP contribution in [-0.4, -0.2) is 38.4 Å². The minimum Gasteiger partial charge on any atom is -0.480 e. The lowest BCUT2D eigenvalue weighted by atomic mass is 10.0. The fraction of sp³-hybridized carbons (Fsp3) is 0.417. The molecule has 21 heavy (non-hydrogen) atoms. The van der Waals surface area contributed by atoms with Gasteiger partial charge in [-0.25, -0.2) is 0 Å². The molecule has 0 atom stereocenters. The van der Waals surface area contributed by atoms with Gasteiger partial charge in [0.25, 0.3) is 11.4 Å². The molecule has 0 saturated carbocycles. The van der Waals surface area contributed by atoms with Crippen molar-refractivity contribution in [3.8, 4) is 0 Å². The molecule has 9 nitrogen and oxygen atoms in total. The lowest BCUT2D eigenvalue weighted by Crippen LogP contribution is -2.47. The summed E-state index contributed by atoms with van der Waals surface area (Å²) in [7, 11) is 1.51. The third kappa shape index (κ3) is 3.51. The highest BCUT2D eigenvalue weighted by atomic mass is 16.6. The van der Waals surface area contributed by atoms with Crippen LogP contribution in [0.2, 0.25) is 0 Å². The Morgan fingerprint density at radius 3 is 2.29 bits per heavy atom. The number of likely N-dealkylation sites (N-methyl/N-ethyl adjacent to an activating group) is 1. The van der Waals surface area contributed by atoms with E-state index in [1.165, 1.54) is 31.9 Å². The first-order chi connectivity index (χ1) is 9.57. The second-order valence-electron chi connectivity index (χ2n) is 5.05. The Morgan fingerprint density at radius 2 is 1.86 bits per heavy atom. The van der Waals surface area contributed by atoms with Crippen LogP contribution >= 0.6 is 0 Å². The van der Waals surface area contributed by atoms with Crippen LogP contribution in [0.3, 0.4) is 0 Å². The minimum atomic E-state index is -1.23. The number of carbonyl (C=O) groups is 1. The van der Waals surface area contributed by atoms with E-state index in [2.05, 4.69) is 0 Å². The summed E-state index contributed by atoms with van der Waals surface area (Å²) in [5, 5.41) is 30.8. The fourth-order valence-corrected chi connectivity index (χ4v) is 1.59. The molecule has 9 heteroatoms. The first-order valence-electron chi connectivity index (χ1n) is 5.93. The number of nitrogens with zero attached hydrogens (tertiary/aromatic N) is 3. The van der Waals surface area contributed by atoms with Crippen LogP contribution in [0, 0.1) is 20.2 Å². The smallest absolute Gasteiger partial charge is 0.323 e. The summed E-state index contributed by atoms with van der Waals surface area (Å²) >= 11 is 0. The Bertz CT molecular complexity index is 599. The van der Waals surface area contributed by atoms with E-state index in [1.54, 1.807) is 0 Å². The molecule has 0 bridgehead atoms. The van der Waals surface area contributed by atoms with Crippen LogP contribution in [0.25, 0.3) is 0 Å². The maximum atomic E-state index is 11.2. The molecule has 1 rings (SSSR count). The molecule has 0 saturated heterocycles. The molecule has 1 aromatic carbocycles. The molecule has 0 unspecified atom stereocenters. The van der Waals surface area contributed by atoms with E-state index in [9.17, 15) is 25.0 Å². The van der Waals surface area contributed by atoms with Crippen molar-refractivity contribution in [3.63, 3.8) is 0 Å². The topological polar surface area (TPSA) is 127 Å². The highest BCUT2D eigenvalue weighted by molar-refractivity contribution is 5.77. The van der Waals surface area contributed by atoms with Gasteiger partial charge in [-0.15, -0.1) is 0 Å². The van der Waals surface area contributed by atoms with Crippen LogP contribution < -0.4 is 0 Å². The lowest BCUT2D eigenvalue weighted by Gasteiger charge is -2.31. The molecule has 0 aliphatic rings. The second kappa shape index (κ2) is 5.83. The quantitative estimate of drug-likeness (QED) is 0.626. The summed E-state index contributed by atoms with van der Waals surface area (Å²) in [4.78, 5) is 32.8. The maximum absolute atomic E-state index is 11.2. The first-order valence-corrected chi connectivity index (χ1v) is 5.93. The van der Waals surface area contributed by atoms with Gasteiger partial charge in [-0.1, -0.05) is 0 Å². The molecule has 114 valence electrons. The lowest BCUT2D eigenvalue weighted by molar-refractivity contribution is -0.394. The number of non-ortho nitro benzene ring substituents is 1. The van der Waals surface area contributed by atoms with Gasteiger partial charge in [0.1, 0.15) is 5.54 Å². The first kappa shape index (κ1) is 16.5. The van der Waals surface area contributed by atoms with Crippen molar-refractivity contribution in [2.24, 2.45) is 0 Å². The van der Waals surface area contributed by atoms with Gasteiger partial charge < -0.3 is 5.11 Å². The van der Waals surface area contributed by atoms with E-state index in [0.29, 0.717) is 0 Å². The molecular weight excluding hydrogens is 282 g/mol. The van der Waals surface area contributed by atoms with Crippen LogP contribution in [0.4, 0.5) is 11.4 Å². The van der Waals surface area contributed by atoms with Crippen LogP contribution in [0.15, 0.2) is 18.2 Å². The van der Waals surface area contributed by atoms with Crippen LogP contribution in [0.5, 0.6) is 0 Å². The minimum absolute atomic E-state index is 0.0202. The Balaban J connectivity index is 3.17. The average molecular weight is 297 g/mol. The van der Waals surface area contributed by atoms with E-state index >= 15 is 0 Å². The molecule has 1 aromatic rings. The molecule has 0 fully saturated rings. The maximum Gasteiger partial charge on any atom is 0.323 e. The molecule has 0 amide bonds. The Kier molecular flexibility index (Phi) is 4.58. The van der Waals surface area contributed by atoms with Crippen molar-refractivity contribution >= 4 is 17.3 Å². The van der Waals surface area contributed by atoms with Crippen molar-refractivity contribution in [1.29, 1.82) is 0 Å². The Morgan fingerprint density at radius 1 is 1.29 bits per heavy atom. The van der Waals surface area contributed by atoms with Crippen LogP contribution in [-0.2, 0) is 11.3 Å². The monoisotopic (exact) mass is 297 g/mol. The summed E-state index contributed by atoms with van der Waals surface area (Å²) in [6.07, 6.45) is 0. The number of hydrogen-bond donors (Lipinski definition) is 1. The van der Waals surface area contributed by atoms with Gasteiger partial charge in [0.2, 0.25) is 0 Å². The number of carboxylic acid groups (broad SMARTS) is 1. The number of aliphatic carboxylic acids is 1. The fourth-order valence-electron chi connectivity index (χ4n) is 1.59. The number of carboxylic acids is 1. The molecule has 0 aromatic heterocycles. The third-order valence-electron chi connectivity index (χ3n) is 3.36. The number of benzene rings is 1. The second-order valence-corrected chi connectivity index (χ2v) is 5.05. The van der Waals surface area contributed by atoms with Crippen molar-refractivity contribution in [2.45, 2.75) is 25.9 Å². The van der Waals surface area contributed by atoms with E-state index in [-0.39, 0.29) is 17.8 Å². The van der Waals surface area contributed by atoms with E-state index in [1.807, 2.05) is 0 Å². The van der Waals surface area contributed by atoms with Gasteiger partial charge in [0.15, 0.2) is 0 Å².